The van der Waals surface area contributed by atoms with Crippen molar-refractivity contribution in [2.24, 2.45) is 23.5 Å². The Morgan fingerprint density at radius 1 is 1.21 bits per heavy atom. The van der Waals surface area contributed by atoms with Crippen LogP contribution in [0.25, 0.3) is 0 Å². The average molecular weight is 561 g/mol. The van der Waals surface area contributed by atoms with Gasteiger partial charge in [0.2, 0.25) is 5.91 Å². The molecular weight excluding hydrogens is 516 g/mol. The number of ether oxygens (including phenoxy) is 1. The van der Waals surface area contributed by atoms with Gasteiger partial charge in [0.1, 0.15) is 5.75 Å². The van der Waals surface area contributed by atoms with Gasteiger partial charge < -0.3 is 20.5 Å². The van der Waals surface area contributed by atoms with Gasteiger partial charge in [-0.1, -0.05) is 50.4 Å². The molecule has 1 aliphatic rings. The highest BCUT2D eigenvalue weighted by atomic mass is 35.5. The third-order valence-corrected chi connectivity index (χ3v) is 8.71. The third kappa shape index (κ3) is 9.39. The van der Waals surface area contributed by atoms with Gasteiger partial charge in [0.15, 0.2) is 0 Å². The number of nitrogens with two attached hydrogens (primary N) is 1. The lowest BCUT2D eigenvalue weighted by atomic mass is 9.90. The molecule has 0 spiro atoms. The highest BCUT2D eigenvalue weighted by Crippen LogP contribution is 2.35. The zero-order chi connectivity index (χ0) is 27.5. The molecule has 1 amide bonds. The number of aliphatic hydroxyl groups is 1. The van der Waals surface area contributed by atoms with Crippen molar-refractivity contribution in [3.63, 3.8) is 0 Å². The second-order valence-electron chi connectivity index (χ2n) is 10.9. The summed E-state index contributed by atoms with van der Waals surface area (Å²) in [7, 11) is 0. The molecule has 5 nitrogen and oxygen atoms in total. The maximum Gasteiger partial charge on any atom is 0.248 e. The Bertz CT molecular complexity index is 1020. The highest BCUT2D eigenvalue weighted by Gasteiger charge is 2.26. The number of carbonyl (C=O) groups is 1. The van der Waals surface area contributed by atoms with Gasteiger partial charge in [-0.05, 0) is 92.0 Å². The van der Waals surface area contributed by atoms with Crippen molar-refractivity contribution in [3.05, 3.63) is 58.6 Å². The van der Waals surface area contributed by atoms with Crippen LogP contribution in [0.3, 0.4) is 0 Å². The van der Waals surface area contributed by atoms with Crippen LogP contribution in [0.2, 0.25) is 5.02 Å². The van der Waals surface area contributed by atoms with Crippen molar-refractivity contribution in [1.29, 1.82) is 0 Å². The second-order valence-corrected chi connectivity index (χ2v) is 11.7. The number of aliphatic hydroxyl groups excluding tert-OH is 1. The maximum atomic E-state index is 11.9. The summed E-state index contributed by atoms with van der Waals surface area (Å²) in [5, 5.41) is 11.7. The van der Waals surface area contributed by atoms with Crippen LogP contribution >= 0.6 is 24.2 Å². The number of amides is 1. The second kappa shape index (κ2) is 15.6. The number of carbonyl (C=O) groups excluding carboxylic acids is 1. The van der Waals surface area contributed by atoms with Crippen LogP contribution in [0, 0.1) is 17.8 Å². The van der Waals surface area contributed by atoms with Gasteiger partial charge in [-0.3, -0.25) is 4.79 Å². The Morgan fingerprint density at radius 2 is 2.03 bits per heavy atom. The fourth-order valence-corrected chi connectivity index (χ4v) is 5.77. The molecule has 2 aromatic rings. The van der Waals surface area contributed by atoms with Crippen LogP contribution in [0.1, 0.15) is 74.7 Å². The van der Waals surface area contributed by atoms with Crippen LogP contribution in [-0.4, -0.2) is 42.6 Å². The molecule has 7 heteroatoms. The van der Waals surface area contributed by atoms with Gasteiger partial charge in [-0.15, -0.1) is 0 Å². The standard InChI is InChI=1S/C31H45ClN2O3S/c1-3-25(29(35)12-4-7-22(2)21-38)15-16-34-19-24(10-5-8-23-9-6-11-27(32)17-23)20-37-30-14-13-26(31(33)36)18-28(30)34/h6,9,11,13-14,17-18,22,24-25,29,35,38H,3-5,7-8,10,12,15-16,19-21H2,1-2H3,(H2,33,36)/t22-,24?,25+,29-/m0/s1. The lowest BCUT2D eigenvalue weighted by molar-refractivity contribution is 0.0889. The molecule has 1 unspecified atom stereocenters. The van der Waals surface area contributed by atoms with Crippen LogP contribution in [-0.2, 0) is 6.42 Å². The quantitative estimate of drug-likeness (QED) is 0.210. The molecule has 0 bridgehead atoms. The average Bonchev–Trinajstić information content (AvgIpc) is 3.07. The minimum absolute atomic E-state index is 0.231. The van der Waals surface area contributed by atoms with E-state index in [2.05, 4.69) is 37.4 Å². The largest absolute Gasteiger partial charge is 0.491 e. The van der Waals surface area contributed by atoms with Crippen molar-refractivity contribution < 1.29 is 14.6 Å². The first-order valence-electron chi connectivity index (χ1n) is 14.2. The number of nitrogens with zero attached hydrogens (tertiary/aromatic N) is 1. The Kier molecular flexibility index (Phi) is 12.6. The van der Waals surface area contributed by atoms with Crippen LogP contribution < -0.4 is 15.4 Å². The van der Waals surface area contributed by atoms with E-state index < -0.39 is 5.91 Å². The molecule has 210 valence electrons. The Labute approximate surface area is 239 Å². The van der Waals surface area contributed by atoms with Crippen LogP contribution in [0.5, 0.6) is 5.75 Å². The molecule has 1 heterocycles. The third-order valence-electron chi connectivity index (χ3n) is 7.85. The van der Waals surface area contributed by atoms with E-state index in [9.17, 15) is 9.90 Å². The minimum atomic E-state index is -0.438. The van der Waals surface area contributed by atoms with E-state index in [1.165, 1.54) is 5.56 Å². The van der Waals surface area contributed by atoms with Gasteiger partial charge in [-0.2, -0.15) is 12.6 Å². The molecule has 0 saturated heterocycles. The first kappa shape index (κ1) is 30.6. The number of fused-ring (bicyclic) bond motifs is 1. The van der Waals surface area contributed by atoms with Gasteiger partial charge in [0, 0.05) is 29.6 Å². The number of anilines is 1. The molecule has 0 saturated carbocycles. The van der Waals surface area contributed by atoms with Crippen LogP contribution in [0.4, 0.5) is 5.69 Å². The summed E-state index contributed by atoms with van der Waals surface area (Å²) in [5.41, 5.74) is 8.27. The Hall–Kier alpha value is -1.89. The topological polar surface area (TPSA) is 75.8 Å². The van der Waals surface area contributed by atoms with Gasteiger partial charge in [0.25, 0.3) is 0 Å². The summed E-state index contributed by atoms with van der Waals surface area (Å²) in [5.74, 6) is 2.40. The number of rotatable bonds is 15. The molecule has 0 aromatic heterocycles. The van der Waals surface area contributed by atoms with E-state index in [-0.39, 0.29) is 12.0 Å². The minimum Gasteiger partial charge on any atom is -0.491 e. The number of benzene rings is 2. The van der Waals surface area contributed by atoms with Gasteiger partial charge in [0.05, 0.1) is 18.4 Å². The number of hydrogen-bond acceptors (Lipinski definition) is 5. The Morgan fingerprint density at radius 3 is 2.74 bits per heavy atom. The molecule has 4 atom stereocenters. The summed E-state index contributed by atoms with van der Waals surface area (Å²) < 4.78 is 6.24. The molecular formula is C31H45ClN2O3S. The fourth-order valence-electron chi connectivity index (χ4n) is 5.38. The molecule has 3 rings (SSSR count). The van der Waals surface area contributed by atoms with Gasteiger partial charge >= 0.3 is 0 Å². The van der Waals surface area contributed by atoms with E-state index in [1.54, 1.807) is 6.07 Å². The number of primary amides is 1. The maximum absolute atomic E-state index is 11.9. The van der Waals surface area contributed by atoms with E-state index in [0.717, 1.165) is 86.7 Å². The van der Waals surface area contributed by atoms with Crippen molar-refractivity contribution >= 4 is 35.8 Å². The first-order chi connectivity index (χ1) is 18.3. The van der Waals surface area contributed by atoms with Crippen molar-refractivity contribution in [1.82, 2.24) is 0 Å². The number of thiol groups is 1. The molecule has 38 heavy (non-hydrogen) atoms. The summed E-state index contributed by atoms with van der Waals surface area (Å²) >= 11 is 10.5. The molecule has 0 radical (unpaired) electrons. The molecule has 0 fully saturated rings. The summed E-state index contributed by atoms with van der Waals surface area (Å²) in [6.45, 7) is 6.65. The van der Waals surface area contributed by atoms with E-state index in [4.69, 9.17) is 22.1 Å². The zero-order valence-electron chi connectivity index (χ0n) is 22.9. The summed E-state index contributed by atoms with van der Waals surface area (Å²) in [6.07, 6.45) is 7.52. The zero-order valence-corrected chi connectivity index (χ0v) is 24.6. The van der Waals surface area contributed by atoms with Gasteiger partial charge in [-0.25, -0.2) is 0 Å². The monoisotopic (exact) mass is 560 g/mol. The van der Waals surface area contributed by atoms with E-state index >= 15 is 0 Å². The highest BCUT2D eigenvalue weighted by molar-refractivity contribution is 7.80. The lowest BCUT2D eigenvalue weighted by Crippen LogP contribution is -2.33. The SMILES string of the molecule is CC[C@H](CCN1CC(CCCc2cccc(Cl)c2)COc2ccc(C(N)=O)cc21)[C@@H](O)CCC[C@H](C)CS. The lowest BCUT2D eigenvalue weighted by Gasteiger charge is -2.30. The van der Waals surface area contributed by atoms with E-state index in [0.29, 0.717) is 24.0 Å². The first-order valence-corrected chi connectivity index (χ1v) is 15.2. The van der Waals surface area contributed by atoms with Crippen LogP contribution in [0.15, 0.2) is 42.5 Å². The number of halogens is 1. The Balaban J connectivity index is 1.66. The van der Waals surface area contributed by atoms with Crippen molar-refractivity contribution in [2.45, 2.75) is 71.3 Å². The normalized spacial score (nSPS) is 17.7. The predicted octanol–water partition coefficient (Wildman–Crippen LogP) is 6.79. The number of aryl methyl sites for hydroxylation is 1. The summed E-state index contributed by atoms with van der Waals surface area (Å²) in [4.78, 5) is 14.3. The van der Waals surface area contributed by atoms with Crippen molar-refractivity contribution in [3.8, 4) is 5.75 Å². The van der Waals surface area contributed by atoms with E-state index in [1.807, 2.05) is 30.3 Å². The molecule has 2 aromatic carbocycles. The molecule has 0 aliphatic carbocycles. The molecule has 3 N–H and O–H groups in total. The number of hydrogen-bond donors (Lipinski definition) is 3. The predicted molar refractivity (Wildman–Crippen MR) is 162 cm³/mol. The fraction of sp³-hybridized carbons (Fsp3) is 0.581. The smallest absolute Gasteiger partial charge is 0.248 e. The van der Waals surface area contributed by atoms with Crippen molar-refractivity contribution in [2.75, 3.05) is 30.3 Å². The molecule has 1 aliphatic heterocycles. The summed E-state index contributed by atoms with van der Waals surface area (Å²) in [6, 6.07) is 13.5.